The van der Waals surface area contributed by atoms with Crippen molar-refractivity contribution in [2.45, 2.75) is 31.8 Å². The van der Waals surface area contributed by atoms with Crippen LogP contribution in [0.1, 0.15) is 18.1 Å². The lowest BCUT2D eigenvalue weighted by molar-refractivity contribution is -0.142. The zero-order chi connectivity index (χ0) is 20.7. The van der Waals surface area contributed by atoms with E-state index < -0.39 is 35.7 Å². The van der Waals surface area contributed by atoms with Crippen molar-refractivity contribution in [3.05, 3.63) is 69.9 Å². The Balaban J connectivity index is 2.12. The Morgan fingerprint density at radius 3 is 2.21 bits per heavy atom. The van der Waals surface area contributed by atoms with Gasteiger partial charge in [0.05, 0.1) is 0 Å². The number of carbonyl (C=O) groups excluding carboxylic acids is 2. The highest BCUT2D eigenvalue weighted by Crippen LogP contribution is 2.13. The third-order valence-corrected chi connectivity index (χ3v) is 4.52. The second-order valence-corrected chi connectivity index (χ2v) is 7.23. The predicted molar refractivity (Wildman–Crippen MR) is 105 cm³/mol. The SMILES string of the molecule is CC(=O)N[C@H](Cc1cccc(F)c1)C(=O)N[C@@H](Cc1ccc(Br)cc1)C(=O)O. The molecular formula is C20H20BrFN2O4. The number of hydrogen-bond acceptors (Lipinski definition) is 3. The summed E-state index contributed by atoms with van der Waals surface area (Å²) in [6.07, 6.45) is 0.120. The molecule has 0 saturated heterocycles. The molecule has 148 valence electrons. The average Bonchev–Trinajstić information content (AvgIpc) is 2.62. The minimum atomic E-state index is -1.19. The van der Waals surface area contributed by atoms with Gasteiger partial charge in [-0.15, -0.1) is 0 Å². The number of benzene rings is 2. The zero-order valence-electron chi connectivity index (χ0n) is 15.1. The van der Waals surface area contributed by atoms with Gasteiger partial charge in [0.25, 0.3) is 0 Å². The van der Waals surface area contributed by atoms with E-state index in [0.717, 1.165) is 10.0 Å². The number of rotatable bonds is 8. The Morgan fingerprint density at radius 2 is 1.64 bits per heavy atom. The molecule has 2 amide bonds. The number of aliphatic carboxylic acids is 1. The van der Waals surface area contributed by atoms with Crippen LogP contribution in [0.4, 0.5) is 4.39 Å². The molecule has 0 heterocycles. The largest absolute Gasteiger partial charge is 0.480 e. The van der Waals surface area contributed by atoms with E-state index in [2.05, 4.69) is 26.6 Å². The zero-order valence-corrected chi connectivity index (χ0v) is 16.7. The molecule has 2 aromatic carbocycles. The lowest BCUT2D eigenvalue weighted by atomic mass is 10.0. The third kappa shape index (κ3) is 6.77. The maximum atomic E-state index is 13.4. The molecule has 2 atom stereocenters. The van der Waals surface area contributed by atoms with Gasteiger partial charge in [-0.2, -0.15) is 0 Å². The Kier molecular flexibility index (Phi) is 7.69. The van der Waals surface area contributed by atoms with Crippen molar-refractivity contribution in [3.8, 4) is 0 Å². The molecule has 0 aliphatic heterocycles. The van der Waals surface area contributed by atoms with Gasteiger partial charge in [0.2, 0.25) is 11.8 Å². The predicted octanol–water partition coefficient (Wildman–Crippen LogP) is 2.45. The summed E-state index contributed by atoms with van der Waals surface area (Å²) >= 11 is 3.31. The molecule has 0 spiro atoms. The van der Waals surface area contributed by atoms with Crippen molar-refractivity contribution >= 4 is 33.7 Å². The van der Waals surface area contributed by atoms with Crippen molar-refractivity contribution in [1.29, 1.82) is 0 Å². The Hall–Kier alpha value is -2.74. The first-order valence-corrected chi connectivity index (χ1v) is 9.33. The first-order valence-electron chi connectivity index (χ1n) is 8.53. The summed E-state index contributed by atoms with van der Waals surface area (Å²) < 4.78 is 14.3. The molecule has 8 heteroatoms. The summed E-state index contributed by atoms with van der Waals surface area (Å²) in [7, 11) is 0. The van der Waals surface area contributed by atoms with E-state index in [0.29, 0.717) is 5.56 Å². The highest BCUT2D eigenvalue weighted by Gasteiger charge is 2.26. The van der Waals surface area contributed by atoms with Gasteiger partial charge in [0, 0.05) is 24.2 Å². The van der Waals surface area contributed by atoms with Crippen LogP contribution >= 0.6 is 15.9 Å². The maximum Gasteiger partial charge on any atom is 0.326 e. The second-order valence-electron chi connectivity index (χ2n) is 6.32. The summed E-state index contributed by atoms with van der Waals surface area (Å²) in [5.41, 5.74) is 1.24. The molecule has 0 unspecified atom stereocenters. The number of carboxylic acid groups (broad SMARTS) is 1. The van der Waals surface area contributed by atoms with E-state index in [4.69, 9.17) is 0 Å². The summed E-state index contributed by atoms with van der Waals surface area (Å²) in [5, 5.41) is 14.4. The molecule has 0 saturated carbocycles. The fraction of sp³-hybridized carbons (Fsp3) is 0.250. The van der Waals surface area contributed by atoms with Crippen LogP contribution in [0.5, 0.6) is 0 Å². The van der Waals surface area contributed by atoms with Gasteiger partial charge >= 0.3 is 5.97 Å². The Labute approximate surface area is 170 Å². The van der Waals surface area contributed by atoms with E-state index >= 15 is 0 Å². The highest BCUT2D eigenvalue weighted by molar-refractivity contribution is 9.10. The monoisotopic (exact) mass is 450 g/mol. The fourth-order valence-electron chi connectivity index (χ4n) is 2.68. The van der Waals surface area contributed by atoms with Crippen LogP contribution in [0.3, 0.4) is 0 Å². The lowest BCUT2D eigenvalue weighted by Crippen LogP contribution is -2.52. The van der Waals surface area contributed by atoms with Gasteiger partial charge in [-0.1, -0.05) is 40.2 Å². The van der Waals surface area contributed by atoms with Crippen LogP contribution in [0, 0.1) is 5.82 Å². The lowest BCUT2D eigenvalue weighted by Gasteiger charge is -2.21. The maximum absolute atomic E-state index is 13.4. The van der Waals surface area contributed by atoms with Crippen molar-refractivity contribution < 1.29 is 23.9 Å². The van der Waals surface area contributed by atoms with Gasteiger partial charge in [-0.05, 0) is 35.4 Å². The summed E-state index contributed by atoms with van der Waals surface area (Å²) in [4.78, 5) is 35.7. The molecule has 2 rings (SSSR count). The number of hydrogen-bond donors (Lipinski definition) is 3. The molecule has 0 fully saturated rings. The number of halogens is 2. The molecule has 0 radical (unpaired) electrons. The third-order valence-electron chi connectivity index (χ3n) is 3.99. The number of amides is 2. The van der Waals surface area contributed by atoms with Crippen molar-refractivity contribution in [3.63, 3.8) is 0 Å². The topological polar surface area (TPSA) is 95.5 Å². The van der Waals surface area contributed by atoms with Crippen LogP contribution < -0.4 is 10.6 Å². The Bertz CT molecular complexity index is 858. The molecule has 0 bridgehead atoms. The van der Waals surface area contributed by atoms with E-state index in [1.807, 2.05) is 0 Å². The number of carbonyl (C=O) groups is 3. The molecule has 3 N–H and O–H groups in total. The normalized spacial score (nSPS) is 12.7. The van der Waals surface area contributed by atoms with Gasteiger partial charge in [-0.3, -0.25) is 9.59 Å². The van der Waals surface area contributed by atoms with Crippen molar-refractivity contribution in [2.24, 2.45) is 0 Å². The fourth-order valence-corrected chi connectivity index (χ4v) is 2.95. The van der Waals surface area contributed by atoms with Crippen molar-refractivity contribution in [1.82, 2.24) is 10.6 Å². The first-order chi connectivity index (χ1) is 13.2. The minimum absolute atomic E-state index is 0.0355. The van der Waals surface area contributed by atoms with E-state index in [1.54, 1.807) is 30.3 Å². The van der Waals surface area contributed by atoms with Gasteiger partial charge < -0.3 is 15.7 Å². The van der Waals surface area contributed by atoms with Gasteiger partial charge in [0.15, 0.2) is 0 Å². The summed E-state index contributed by atoms with van der Waals surface area (Å²) in [5.74, 6) is -2.75. The highest BCUT2D eigenvalue weighted by atomic mass is 79.9. The Morgan fingerprint density at radius 1 is 1.00 bits per heavy atom. The second kappa shape index (κ2) is 9.98. The number of nitrogens with one attached hydrogen (secondary N) is 2. The van der Waals surface area contributed by atoms with E-state index in [1.165, 1.54) is 25.1 Å². The van der Waals surface area contributed by atoms with Crippen LogP contribution in [-0.2, 0) is 27.2 Å². The summed E-state index contributed by atoms with van der Waals surface area (Å²) in [6, 6.07) is 10.5. The van der Waals surface area contributed by atoms with Gasteiger partial charge in [-0.25, -0.2) is 9.18 Å². The first kappa shape index (κ1) is 21.6. The molecule has 0 aliphatic carbocycles. The van der Waals surface area contributed by atoms with Crippen molar-refractivity contribution in [2.75, 3.05) is 0 Å². The average molecular weight is 451 g/mol. The minimum Gasteiger partial charge on any atom is -0.480 e. The molecule has 6 nitrogen and oxygen atoms in total. The molecule has 28 heavy (non-hydrogen) atoms. The van der Waals surface area contributed by atoms with E-state index in [-0.39, 0.29) is 12.8 Å². The smallest absolute Gasteiger partial charge is 0.326 e. The van der Waals surface area contributed by atoms with Crippen LogP contribution in [-0.4, -0.2) is 35.0 Å². The van der Waals surface area contributed by atoms with Gasteiger partial charge in [0.1, 0.15) is 17.9 Å². The van der Waals surface area contributed by atoms with Crippen LogP contribution in [0.15, 0.2) is 53.0 Å². The quantitative estimate of drug-likeness (QED) is 0.575. The molecule has 2 aromatic rings. The standard InChI is InChI=1S/C20H20BrFN2O4/c1-12(25)23-17(11-14-3-2-4-16(22)9-14)19(26)24-18(20(27)28)10-13-5-7-15(21)8-6-13/h2-9,17-18H,10-11H2,1H3,(H,23,25)(H,24,26)(H,27,28)/t17-,18+/m1/s1. The van der Waals surface area contributed by atoms with E-state index in [9.17, 15) is 23.9 Å². The molecule has 0 aromatic heterocycles. The molecular weight excluding hydrogens is 431 g/mol. The van der Waals surface area contributed by atoms with Crippen LogP contribution in [0.25, 0.3) is 0 Å². The number of carboxylic acids is 1. The van der Waals surface area contributed by atoms with Crippen LogP contribution in [0.2, 0.25) is 0 Å². The summed E-state index contributed by atoms with van der Waals surface area (Å²) in [6.45, 7) is 1.25. The molecule has 0 aliphatic rings.